The van der Waals surface area contributed by atoms with Crippen molar-refractivity contribution in [1.29, 1.82) is 0 Å². The van der Waals surface area contributed by atoms with Crippen molar-refractivity contribution in [2.75, 3.05) is 0 Å². The molecule has 0 saturated heterocycles. The maximum absolute atomic E-state index is 14.2. The van der Waals surface area contributed by atoms with Gasteiger partial charge in [0.25, 0.3) is 0 Å². The van der Waals surface area contributed by atoms with E-state index >= 15 is 0 Å². The van der Waals surface area contributed by atoms with Gasteiger partial charge in [0, 0.05) is 5.92 Å². The quantitative estimate of drug-likeness (QED) is 0.566. The van der Waals surface area contributed by atoms with Crippen LogP contribution in [0.2, 0.25) is 0 Å². The Morgan fingerprint density at radius 3 is 1.22 bits per heavy atom. The number of halogens is 12. The van der Waals surface area contributed by atoms with Gasteiger partial charge in [0.1, 0.15) is 0 Å². The molecule has 0 N–H and O–H groups in total. The second-order valence-electron chi connectivity index (χ2n) is 5.32. The van der Waals surface area contributed by atoms with Gasteiger partial charge >= 0.3 is 24.2 Å². The minimum Gasteiger partial charge on any atom is -0.239 e. The van der Waals surface area contributed by atoms with Crippen molar-refractivity contribution in [2.45, 2.75) is 61.7 Å². The standard InChI is InChI=1S/C11H10F12/c12-6(8(14,10(18,19)20)11(21,22)23)7(13,9(15,16)17)5-3-1-2-4-5/h5-6H,1-4H2. The van der Waals surface area contributed by atoms with Gasteiger partial charge in [-0.05, 0) is 12.8 Å². The SMILES string of the molecule is FC(C(F)(C1CCCC1)C(F)(F)F)C(F)(C(F)(F)F)C(F)(F)F. The minimum atomic E-state index is -7.12. The molecule has 0 aromatic heterocycles. The molecule has 12 heteroatoms. The summed E-state index contributed by atoms with van der Waals surface area (Å²) in [6.45, 7) is 0. The van der Waals surface area contributed by atoms with Crippen LogP contribution in [0.5, 0.6) is 0 Å². The van der Waals surface area contributed by atoms with Crippen molar-refractivity contribution in [1.82, 2.24) is 0 Å². The molecule has 138 valence electrons. The van der Waals surface area contributed by atoms with Gasteiger partial charge in [-0.3, -0.25) is 0 Å². The third-order valence-corrected chi connectivity index (χ3v) is 3.93. The maximum Gasteiger partial charge on any atom is 0.434 e. The van der Waals surface area contributed by atoms with E-state index in [1.54, 1.807) is 0 Å². The summed E-state index contributed by atoms with van der Waals surface area (Å²) in [5.41, 5.74) is -12.6. The molecule has 23 heavy (non-hydrogen) atoms. The smallest absolute Gasteiger partial charge is 0.239 e. The highest BCUT2D eigenvalue weighted by Crippen LogP contribution is 2.58. The molecule has 0 amide bonds. The van der Waals surface area contributed by atoms with Crippen LogP contribution in [0.1, 0.15) is 25.7 Å². The Morgan fingerprint density at radius 1 is 0.609 bits per heavy atom. The average Bonchev–Trinajstić information content (AvgIpc) is 2.85. The number of hydrogen-bond donors (Lipinski definition) is 0. The Hall–Kier alpha value is -0.840. The van der Waals surface area contributed by atoms with E-state index in [9.17, 15) is 52.7 Å². The molecule has 0 heterocycles. The summed E-state index contributed by atoms with van der Waals surface area (Å²) in [5, 5.41) is 0. The van der Waals surface area contributed by atoms with Gasteiger partial charge in [-0.1, -0.05) is 12.8 Å². The van der Waals surface area contributed by atoms with Crippen molar-refractivity contribution in [3.63, 3.8) is 0 Å². The predicted octanol–water partition coefficient (Wildman–Crippen LogP) is 5.62. The van der Waals surface area contributed by atoms with Crippen molar-refractivity contribution in [3.8, 4) is 0 Å². The molecule has 1 aliphatic rings. The first-order chi connectivity index (χ1) is 10.0. The Morgan fingerprint density at radius 2 is 0.957 bits per heavy atom. The highest BCUT2D eigenvalue weighted by atomic mass is 19.4. The Labute approximate surface area is 121 Å². The number of hydrogen-bond acceptors (Lipinski definition) is 0. The molecular formula is C11H10F12. The fourth-order valence-electron chi connectivity index (χ4n) is 2.67. The first-order valence-electron chi connectivity index (χ1n) is 6.23. The second kappa shape index (κ2) is 5.61. The van der Waals surface area contributed by atoms with Crippen molar-refractivity contribution < 1.29 is 52.7 Å². The summed E-state index contributed by atoms with van der Waals surface area (Å²) in [4.78, 5) is 0. The molecule has 0 aromatic carbocycles. The van der Waals surface area contributed by atoms with Crippen LogP contribution in [0, 0.1) is 5.92 Å². The molecule has 1 rings (SSSR count). The van der Waals surface area contributed by atoms with Gasteiger partial charge < -0.3 is 0 Å². The Kier molecular flexibility index (Phi) is 4.93. The van der Waals surface area contributed by atoms with Gasteiger partial charge in [-0.15, -0.1) is 0 Å². The molecule has 0 bridgehead atoms. The van der Waals surface area contributed by atoms with Crippen LogP contribution in [0.25, 0.3) is 0 Å². The van der Waals surface area contributed by atoms with Crippen molar-refractivity contribution in [3.05, 3.63) is 0 Å². The summed E-state index contributed by atoms with van der Waals surface area (Å²) < 4.78 is 154. The third kappa shape index (κ3) is 2.97. The topological polar surface area (TPSA) is 0 Å². The molecule has 1 saturated carbocycles. The van der Waals surface area contributed by atoms with E-state index in [0.717, 1.165) is 0 Å². The van der Waals surface area contributed by atoms with Gasteiger partial charge in [-0.25, -0.2) is 13.2 Å². The normalized spacial score (nSPS) is 23.0. The third-order valence-electron chi connectivity index (χ3n) is 3.93. The number of rotatable bonds is 3. The van der Waals surface area contributed by atoms with Crippen LogP contribution >= 0.6 is 0 Å². The fraction of sp³-hybridized carbons (Fsp3) is 1.00. The van der Waals surface area contributed by atoms with Crippen LogP contribution in [0.3, 0.4) is 0 Å². The van der Waals surface area contributed by atoms with E-state index < -0.39 is 54.8 Å². The van der Waals surface area contributed by atoms with Crippen LogP contribution in [-0.4, -0.2) is 36.0 Å². The van der Waals surface area contributed by atoms with E-state index in [2.05, 4.69) is 0 Å². The lowest BCUT2D eigenvalue weighted by Gasteiger charge is -2.42. The molecule has 0 aromatic rings. The summed E-state index contributed by atoms with van der Waals surface area (Å²) in [6.07, 6.45) is -28.1. The van der Waals surface area contributed by atoms with Gasteiger partial charge in [-0.2, -0.15) is 39.5 Å². The summed E-state index contributed by atoms with van der Waals surface area (Å²) in [6, 6.07) is 0. The first-order valence-corrected chi connectivity index (χ1v) is 6.23. The van der Waals surface area contributed by atoms with E-state index in [1.165, 1.54) is 0 Å². The van der Waals surface area contributed by atoms with Gasteiger partial charge in [0.05, 0.1) is 0 Å². The molecular weight excluding hydrogens is 360 g/mol. The zero-order valence-corrected chi connectivity index (χ0v) is 11.0. The molecule has 1 fully saturated rings. The van der Waals surface area contributed by atoms with E-state index in [1.807, 2.05) is 0 Å². The lowest BCUT2D eigenvalue weighted by Crippen LogP contribution is -2.69. The van der Waals surface area contributed by atoms with Crippen LogP contribution in [0.4, 0.5) is 52.7 Å². The number of alkyl halides is 12. The minimum absolute atomic E-state index is 0.156. The van der Waals surface area contributed by atoms with E-state index in [0.29, 0.717) is 0 Å². The molecule has 0 nitrogen and oxygen atoms in total. The Balaban J connectivity index is 3.51. The highest BCUT2D eigenvalue weighted by Gasteiger charge is 2.84. The average molecular weight is 370 g/mol. The zero-order valence-electron chi connectivity index (χ0n) is 11.0. The van der Waals surface area contributed by atoms with Gasteiger partial charge in [0.15, 0.2) is 6.17 Å². The first kappa shape index (κ1) is 20.2. The lowest BCUT2D eigenvalue weighted by atomic mass is 9.76. The van der Waals surface area contributed by atoms with E-state index in [4.69, 9.17) is 0 Å². The van der Waals surface area contributed by atoms with E-state index in [-0.39, 0.29) is 12.8 Å². The summed E-state index contributed by atoms with van der Waals surface area (Å²) >= 11 is 0. The van der Waals surface area contributed by atoms with Crippen LogP contribution in [0.15, 0.2) is 0 Å². The predicted molar refractivity (Wildman–Crippen MR) is 52.7 cm³/mol. The van der Waals surface area contributed by atoms with Crippen molar-refractivity contribution >= 4 is 0 Å². The molecule has 2 atom stereocenters. The molecule has 0 radical (unpaired) electrons. The molecule has 0 spiro atoms. The second-order valence-corrected chi connectivity index (χ2v) is 5.32. The Bertz CT molecular complexity index is 398. The fourth-order valence-corrected chi connectivity index (χ4v) is 2.67. The summed E-state index contributed by atoms with van der Waals surface area (Å²) in [7, 11) is 0. The monoisotopic (exact) mass is 370 g/mol. The largest absolute Gasteiger partial charge is 0.434 e. The highest BCUT2D eigenvalue weighted by molar-refractivity contribution is 5.13. The summed E-state index contributed by atoms with van der Waals surface area (Å²) in [5.74, 6) is -2.53. The lowest BCUT2D eigenvalue weighted by molar-refractivity contribution is -0.387. The van der Waals surface area contributed by atoms with Crippen molar-refractivity contribution in [2.24, 2.45) is 5.92 Å². The zero-order chi connectivity index (χ0) is 18.5. The molecule has 2 unspecified atom stereocenters. The molecule has 1 aliphatic carbocycles. The van der Waals surface area contributed by atoms with Gasteiger partial charge in [0.2, 0.25) is 5.67 Å². The van der Waals surface area contributed by atoms with Crippen LogP contribution < -0.4 is 0 Å². The maximum atomic E-state index is 14.2. The van der Waals surface area contributed by atoms with Crippen LogP contribution in [-0.2, 0) is 0 Å². The molecule has 0 aliphatic heterocycles.